The predicted molar refractivity (Wildman–Crippen MR) is 54.3 cm³/mol. The monoisotopic (exact) mass is 246 g/mol. The molecule has 1 unspecified atom stereocenters. The highest BCUT2D eigenvalue weighted by Crippen LogP contribution is 2.03. The molecule has 0 aliphatic heterocycles. The molecule has 0 bridgehead atoms. The molecule has 2 N–H and O–H groups in total. The maximum absolute atomic E-state index is 11.3. The van der Waals surface area contributed by atoms with Crippen LogP contribution in [0.4, 0.5) is 0 Å². The van der Waals surface area contributed by atoms with Gasteiger partial charge in [0, 0.05) is 0 Å². The Morgan fingerprint density at radius 3 is 2.38 bits per heavy atom. The Balaban J connectivity index is 2.55. The summed E-state index contributed by atoms with van der Waals surface area (Å²) in [7, 11) is -4.60. The van der Waals surface area contributed by atoms with E-state index in [4.69, 9.17) is 9.66 Å². The van der Waals surface area contributed by atoms with Crippen molar-refractivity contribution in [1.82, 2.24) is 0 Å². The molecule has 16 heavy (non-hydrogen) atoms. The zero-order valence-electron chi connectivity index (χ0n) is 8.11. The number of ether oxygens (including phenoxy) is 1. The Bertz CT molecular complexity index is 452. The van der Waals surface area contributed by atoms with Crippen LogP contribution in [0.25, 0.3) is 0 Å². The van der Waals surface area contributed by atoms with Crippen molar-refractivity contribution in [2.24, 2.45) is 0 Å². The first-order valence-electron chi connectivity index (χ1n) is 4.28. The van der Waals surface area contributed by atoms with Crippen LogP contribution >= 0.6 is 0 Å². The van der Waals surface area contributed by atoms with E-state index in [9.17, 15) is 13.2 Å². The van der Waals surface area contributed by atoms with E-state index in [2.05, 4.69) is 4.74 Å². The van der Waals surface area contributed by atoms with Gasteiger partial charge in [0.25, 0.3) is 10.1 Å². The van der Waals surface area contributed by atoms with Gasteiger partial charge in [0.05, 0.1) is 5.56 Å². The van der Waals surface area contributed by atoms with Gasteiger partial charge in [-0.2, -0.15) is 8.42 Å². The highest BCUT2D eigenvalue weighted by molar-refractivity contribution is 7.86. The molecule has 1 rings (SSSR count). The average Bonchev–Trinajstić information content (AvgIpc) is 2.25. The van der Waals surface area contributed by atoms with Crippen molar-refractivity contribution in [1.29, 1.82) is 0 Å². The van der Waals surface area contributed by atoms with E-state index in [0.29, 0.717) is 0 Å². The normalized spacial score (nSPS) is 13.1. The van der Waals surface area contributed by atoms with Crippen molar-refractivity contribution < 1.29 is 27.6 Å². The van der Waals surface area contributed by atoms with Crippen molar-refractivity contribution in [3.05, 3.63) is 35.9 Å². The largest absolute Gasteiger partial charge is 0.458 e. The molecule has 6 nitrogen and oxygen atoms in total. The molecule has 0 spiro atoms. The van der Waals surface area contributed by atoms with Gasteiger partial charge in [-0.1, -0.05) is 18.2 Å². The van der Waals surface area contributed by atoms with Gasteiger partial charge < -0.3 is 9.84 Å². The second-order valence-corrected chi connectivity index (χ2v) is 4.51. The summed E-state index contributed by atoms with van der Waals surface area (Å²) in [5.74, 6) is -0.775. The number of carbonyl (C=O) groups excluding carboxylic acids is 1. The van der Waals surface area contributed by atoms with Crippen molar-refractivity contribution in [2.45, 2.75) is 5.44 Å². The lowest BCUT2D eigenvalue weighted by molar-refractivity contribution is 0.0378. The molecule has 0 fully saturated rings. The first kappa shape index (κ1) is 12.6. The van der Waals surface area contributed by atoms with Crippen molar-refractivity contribution in [3.8, 4) is 0 Å². The van der Waals surface area contributed by atoms with E-state index < -0.39 is 28.1 Å². The number of hydrogen-bond acceptors (Lipinski definition) is 5. The number of benzene rings is 1. The summed E-state index contributed by atoms with van der Waals surface area (Å²) in [6.07, 6.45) is 0. The van der Waals surface area contributed by atoms with E-state index in [1.165, 1.54) is 12.1 Å². The molecule has 1 aromatic carbocycles. The smallest absolute Gasteiger partial charge is 0.338 e. The average molecular weight is 246 g/mol. The number of carbonyl (C=O) groups is 1. The van der Waals surface area contributed by atoms with Crippen LogP contribution in [-0.2, 0) is 14.9 Å². The maximum Gasteiger partial charge on any atom is 0.338 e. The quantitative estimate of drug-likeness (QED) is 0.575. The molecule has 0 heterocycles. The van der Waals surface area contributed by atoms with E-state index in [-0.39, 0.29) is 5.56 Å². The summed E-state index contributed by atoms with van der Waals surface area (Å²) in [5, 5.41) is 8.87. The van der Waals surface area contributed by atoms with Crippen LogP contribution in [0, 0.1) is 0 Å². The Kier molecular flexibility index (Phi) is 3.99. The fourth-order valence-electron chi connectivity index (χ4n) is 0.891. The SMILES string of the molecule is O=C(OCC(O)S(=O)(=O)O)c1ccccc1. The first-order valence-corrected chi connectivity index (χ1v) is 5.78. The fourth-order valence-corrected chi connectivity index (χ4v) is 1.13. The lowest BCUT2D eigenvalue weighted by Gasteiger charge is -2.08. The minimum absolute atomic E-state index is 0.227. The summed E-state index contributed by atoms with van der Waals surface area (Å²) in [5.41, 5.74) is -1.90. The Labute approximate surface area is 92.2 Å². The molecular weight excluding hydrogens is 236 g/mol. The topological polar surface area (TPSA) is 101 Å². The van der Waals surface area contributed by atoms with Crippen molar-refractivity contribution >= 4 is 16.1 Å². The molecule has 0 aliphatic rings. The molecule has 0 aliphatic carbocycles. The van der Waals surface area contributed by atoms with Crippen molar-refractivity contribution in [2.75, 3.05) is 6.61 Å². The van der Waals surface area contributed by atoms with Gasteiger partial charge in [-0.05, 0) is 12.1 Å². The van der Waals surface area contributed by atoms with Gasteiger partial charge in [-0.25, -0.2) is 4.79 Å². The van der Waals surface area contributed by atoms with Crippen LogP contribution in [0.15, 0.2) is 30.3 Å². The van der Waals surface area contributed by atoms with Gasteiger partial charge in [0.1, 0.15) is 6.61 Å². The summed E-state index contributed by atoms with van der Waals surface area (Å²) in [6.45, 7) is -0.813. The number of rotatable bonds is 4. The molecule has 7 heteroatoms. The Morgan fingerprint density at radius 1 is 1.31 bits per heavy atom. The predicted octanol–water partition coefficient (Wildman–Crippen LogP) is 0.0496. The lowest BCUT2D eigenvalue weighted by Crippen LogP contribution is -2.27. The third-order valence-electron chi connectivity index (χ3n) is 1.71. The fraction of sp³-hybridized carbons (Fsp3) is 0.222. The second-order valence-electron chi connectivity index (χ2n) is 2.93. The molecule has 88 valence electrons. The van der Waals surface area contributed by atoms with E-state index in [0.717, 1.165) is 0 Å². The van der Waals surface area contributed by atoms with Gasteiger partial charge >= 0.3 is 5.97 Å². The summed E-state index contributed by atoms with van der Waals surface area (Å²) < 4.78 is 33.7. The van der Waals surface area contributed by atoms with Gasteiger partial charge in [-0.3, -0.25) is 4.55 Å². The van der Waals surface area contributed by atoms with Gasteiger partial charge in [0.15, 0.2) is 0 Å². The molecule has 1 aromatic rings. The van der Waals surface area contributed by atoms with E-state index >= 15 is 0 Å². The van der Waals surface area contributed by atoms with Gasteiger partial charge in [-0.15, -0.1) is 0 Å². The molecule has 0 aromatic heterocycles. The number of hydrogen-bond donors (Lipinski definition) is 2. The first-order chi connectivity index (χ1) is 7.41. The molecule has 0 radical (unpaired) electrons. The zero-order valence-corrected chi connectivity index (χ0v) is 8.92. The maximum atomic E-state index is 11.3. The summed E-state index contributed by atoms with van der Waals surface area (Å²) in [6, 6.07) is 7.86. The molecular formula is C9H10O6S. The van der Waals surface area contributed by atoms with E-state index in [1.807, 2.05) is 0 Å². The third kappa shape index (κ3) is 3.61. The standard InChI is InChI=1S/C9H10O6S/c10-8(16(12,13)14)6-15-9(11)7-4-2-1-3-5-7/h1-5,8,10H,6H2,(H,12,13,14). The highest BCUT2D eigenvalue weighted by atomic mass is 32.2. The second kappa shape index (κ2) is 5.06. The summed E-state index contributed by atoms with van der Waals surface area (Å²) >= 11 is 0. The molecule has 1 atom stereocenters. The van der Waals surface area contributed by atoms with Crippen LogP contribution in [0.1, 0.15) is 10.4 Å². The number of esters is 1. The Hall–Kier alpha value is -1.44. The van der Waals surface area contributed by atoms with Crippen molar-refractivity contribution in [3.63, 3.8) is 0 Å². The van der Waals surface area contributed by atoms with Gasteiger partial charge in [0.2, 0.25) is 5.44 Å². The van der Waals surface area contributed by atoms with E-state index in [1.54, 1.807) is 18.2 Å². The lowest BCUT2D eigenvalue weighted by atomic mass is 10.2. The minimum Gasteiger partial charge on any atom is -0.458 e. The van der Waals surface area contributed by atoms with Crippen LogP contribution in [0.5, 0.6) is 0 Å². The Morgan fingerprint density at radius 2 is 1.88 bits per heavy atom. The van der Waals surface area contributed by atoms with Crippen LogP contribution in [-0.4, -0.2) is 36.1 Å². The minimum atomic E-state index is -4.60. The highest BCUT2D eigenvalue weighted by Gasteiger charge is 2.21. The molecule has 0 amide bonds. The molecule has 0 saturated heterocycles. The third-order valence-corrected chi connectivity index (χ3v) is 2.53. The van der Waals surface area contributed by atoms with Crippen LogP contribution in [0.3, 0.4) is 0 Å². The number of aliphatic hydroxyl groups is 1. The van der Waals surface area contributed by atoms with Crippen LogP contribution < -0.4 is 0 Å². The summed E-state index contributed by atoms with van der Waals surface area (Å²) in [4.78, 5) is 11.3. The zero-order chi connectivity index (χ0) is 12.2. The van der Waals surface area contributed by atoms with Crippen LogP contribution in [0.2, 0.25) is 0 Å². The number of aliphatic hydroxyl groups excluding tert-OH is 1. The molecule has 0 saturated carbocycles.